The van der Waals surface area contributed by atoms with Gasteiger partial charge in [0.15, 0.2) is 0 Å². The zero-order valence-corrected chi connectivity index (χ0v) is 28.5. The number of anilines is 4. The lowest BCUT2D eigenvalue weighted by Crippen LogP contribution is -2.19. The second kappa shape index (κ2) is 12.0. The SMILES string of the molecule is C=CC=C(C=C)N(c1ccccc1)c1ccc2c3cc4c(cc3n(C)c2c1)-c1ccc(N(C2=CCCC=C2)c2ccccc2)cc1C4(C)C. The Morgan fingerprint density at radius 1 is 0.694 bits per heavy atom. The van der Waals surface area contributed by atoms with Crippen LogP contribution in [-0.4, -0.2) is 4.57 Å². The number of benzene rings is 5. The lowest BCUT2D eigenvalue weighted by molar-refractivity contribution is 0.661. The van der Waals surface area contributed by atoms with Crippen LogP contribution in [0.5, 0.6) is 0 Å². The summed E-state index contributed by atoms with van der Waals surface area (Å²) >= 11 is 0. The molecule has 6 aromatic rings. The van der Waals surface area contributed by atoms with Crippen LogP contribution in [0.3, 0.4) is 0 Å². The Labute approximate surface area is 289 Å². The summed E-state index contributed by atoms with van der Waals surface area (Å²) in [6.07, 6.45) is 14.8. The van der Waals surface area contributed by atoms with Crippen molar-refractivity contribution in [1.29, 1.82) is 0 Å². The molecule has 2 aliphatic rings. The first-order valence-corrected chi connectivity index (χ1v) is 17.1. The van der Waals surface area contributed by atoms with Crippen LogP contribution in [0.1, 0.15) is 37.8 Å². The van der Waals surface area contributed by atoms with E-state index < -0.39 is 0 Å². The summed E-state index contributed by atoms with van der Waals surface area (Å²) in [5.74, 6) is 0. The summed E-state index contributed by atoms with van der Waals surface area (Å²) in [4.78, 5) is 4.64. The fourth-order valence-electron chi connectivity index (χ4n) is 7.85. The van der Waals surface area contributed by atoms with Gasteiger partial charge in [-0.2, -0.15) is 0 Å². The van der Waals surface area contributed by atoms with E-state index in [1.165, 1.54) is 61.1 Å². The predicted molar refractivity (Wildman–Crippen MR) is 210 cm³/mol. The molecule has 0 aliphatic heterocycles. The highest BCUT2D eigenvalue weighted by molar-refractivity contribution is 6.11. The Morgan fingerprint density at radius 2 is 1.39 bits per heavy atom. The number of nitrogens with zero attached hydrogens (tertiary/aromatic N) is 3. The third kappa shape index (κ3) is 4.96. The molecule has 0 bridgehead atoms. The third-order valence-electron chi connectivity index (χ3n) is 10.3. The summed E-state index contributed by atoms with van der Waals surface area (Å²) in [6, 6.07) is 39.9. The van der Waals surface area contributed by atoms with Gasteiger partial charge in [0.2, 0.25) is 0 Å². The average Bonchev–Trinajstić information content (AvgIpc) is 3.54. The molecule has 3 heteroatoms. The molecular weight excluding hydrogens is 595 g/mol. The Kier molecular flexibility index (Phi) is 7.49. The van der Waals surface area contributed by atoms with Crippen LogP contribution >= 0.6 is 0 Å². The van der Waals surface area contributed by atoms with Crippen LogP contribution < -0.4 is 9.80 Å². The Balaban J connectivity index is 1.26. The van der Waals surface area contributed by atoms with Gasteiger partial charge in [0.05, 0.1) is 5.52 Å². The van der Waals surface area contributed by atoms with Crippen molar-refractivity contribution in [2.45, 2.75) is 32.1 Å². The number of aryl methyl sites for hydroxylation is 1. The minimum Gasteiger partial charge on any atom is -0.344 e. The van der Waals surface area contributed by atoms with Gasteiger partial charge < -0.3 is 14.4 Å². The Bertz CT molecular complexity index is 2350. The lowest BCUT2D eigenvalue weighted by atomic mass is 9.82. The first-order chi connectivity index (χ1) is 23.9. The van der Waals surface area contributed by atoms with Crippen LogP contribution in [0, 0.1) is 0 Å². The number of hydrogen-bond donors (Lipinski definition) is 0. The van der Waals surface area contributed by atoms with Crippen LogP contribution in [0.15, 0.2) is 170 Å². The Morgan fingerprint density at radius 3 is 2.08 bits per heavy atom. The highest BCUT2D eigenvalue weighted by Gasteiger charge is 2.37. The van der Waals surface area contributed by atoms with Crippen molar-refractivity contribution in [2.24, 2.45) is 7.05 Å². The third-order valence-corrected chi connectivity index (χ3v) is 10.3. The van der Waals surface area contributed by atoms with Crippen molar-refractivity contribution in [3.8, 4) is 11.1 Å². The normalized spacial score (nSPS) is 14.8. The molecule has 1 aromatic heterocycles. The fraction of sp³-hybridized carbons (Fsp3) is 0.130. The molecule has 1 heterocycles. The fourth-order valence-corrected chi connectivity index (χ4v) is 7.85. The number of aromatic nitrogens is 1. The van der Waals surface area contributed by atoms with E-state index >= 15 is 0 Å². The van der Waals surface area contributed by atoms with E-state index in [0.717, 1.165) is 29.9 Å². The maximum absolute atomic E-state index is 4.12. The van der Waals surface area contributed by atoms with Crippen molar-refractivity contribution in [3.63, 3.8) is 0 Å². The topological polar surface area (TPSA) is 11.4 Å². The Hall–Kier alpha value is -5.80. The average molecular weight is 636 g/mol. The van der Waals surface area contributed by atoms with Crippen LogP contribution in [0.2, 0.25) is 0 Å². The number of fused-ring (bicyclic) bond motifs is 6. The van der Waals surface area contributed by atoms with Crippen molar-refractivity contribution in [2.75, 3.05) is 9.80 Å². The van der Waals surface area contributed by atoms with Crippen molar-refractivity contribution in [3.05, 3.63) is 181 Å². The standard InChI is InChI=1S/C46H41N3/c1-6-17-32(7-2)48(33-18-11-8-12-19-33)37-25-27-39-41-30-43-40(31-45(41)47(5)44(39)29-37)38-26-24-36(28-42(38)46(43,3)4)49(34-20-13-9-14-21-34)35-22-15-10-16-23-35/h6-9,11-15,17-31H,1-2,10,16H2,3-5H3. The molecule has 0 radical (unpaired) electrons. The van der Waals surface area contributed by atoms with Gasteiger partial charge in [0.1, 0.15) is 0 Å². The summed E-state index contributed by atoms with van der Waals surface area (Å²) in [7, 11) is 2.19. The largest absolute Gasteiger partial charge is 0.344 e. The van der Waals surface area contributed by atoms with Gasteiger partial charge in [-0.15, -0.1) is 0 Å². The lowest BCUT2D eigenvalue weighted by Gasteiger charge is -2.29. The second-order valence-corrected chi connectivity index (χ2v) is 13.5. The first kappa shape index (κ1) is 30.5. The van der Waals surface area contributed by atoms with E-state index in [0.29, 0.717) is 0 Å². The number of allylic oxidation sites excluding steroid dienone is 6. The van der Waals surface area contributed by atoms with Gasteiger partial charge in [0, 0.05) is 62.9 Å². The molecule has 0 fully saturated rings. The molecule has 0 saturated heterocycles. The van der Waals surface area contributed by atoms with E-state index in [-0.39, 0.29) is 5.41 Å². The number of rotatable bonds is 8. The summed E-state index contributed by atoms with van der Waals surface area (Å²) in [6.45, 7) is 12.8. The minimum atomic E-state index is -0.158. The van der Waals surface area contributed by atoms with Crippen LogP contribution in [0.4, 0.5) is 22.7 Å². The molecule has 5 aromatic carbocycles. The van der Waals surface area contributed by atoms with Gasteiger partial charge in [0.25, 0.3) is 0 Å². The summed E-state index contributed by atoms with van der Waals surface area (Å²) < 4.78 is 2.35. The van der Waals surface area contributed by atoms with Crippen LogP contribution in [0.25, 0.3) is 32.9 Å². The number of para-hydroxylation sites is 2. The monoisotopic (exact) mass is 635 g/mol. The molecule has 0 N–H and O–H groups in total. The van der Waals surface area contributed by atoms with E-state index in [2.05, 4.69) is 170 Å². The smallest absolute Gasteiger partial charge is 0.0509 e. The van der Waals surface area contributed by atoms with Gasteiger partial charge >= 0.3 is 0 Å². The molecule has 0 amide bonds. The molecule has 0 saturated carbocycles. The molecule has 2 aliphatic carbocycles. The highest BCUT2D eigenvalue weighted by atomic mass is 15.2. The van der Waals surface area contributed by atoms with Crippen molar-refractivity contribution in [1.82, 2.24) is 4.57 Å². The molecule has 49 heavy (non-hydrogen) atoms. The first-order valence-electron chi connectivity index (χ1n) is 17.1. The molecule has 0 atom stereocenters. The van der Waals surface area contributed by atoms with Gasteiger partial charge in [-0.3, -0.25) is 0 Å². The van der Waals surface area contributed by atoms with Crippen LogP contribution in [-0.2, 0) is 12.5 Å². The van der Waals surface area contributed by atoms with Crippen molar-refractivity contribution >= 4 is 44.6 Å². The van der Waals surface area contributed by atoms with E-state index in [9.17, 15) is 0 Å². The molecule has 3 nitrogen and oxygen atoms in total. The maximum Gasteiger partial charge on any atom is 0.0509 e. The van der Waals surface area contributed by atoms with Gasteiger partial charge in [-0.05, 0) is 114 Å². The second-order valence-electron chi connectivity index (χ2n) is 13.5. The van der Waals surface area contributed by atoms with E-state index in [1.54, 1.807) is 0 Å². The quantitative estimate of drug-likeness (QED) is 0.154. The molecular formula is C46H41N3. The molecule has 0 unspecified atom stereocenters. The van der Waals surface area contributed by atoms with Gasteiger partial charge in [-0.1, -0.05) is 93.8 Å². The molecule has 0 spiro atoms. The van der Waals surface area contributed by atoms with Gasteiger partial charge in [-0.25, -0.2) is 0 Å². The van der Waals surface area contributed by atoms with E-state index in [1.807, 2.05) is 24.3 Å². The maximum atomic E-state index is 4.12. The highest BCUT2D eigenvalue weighted by Crippen LogP contribution is 2.52. The number of hydrogen-bond acceptors (Lipinski definition) is 2. The molecule has 8 rings (SSSR count). The van der Waals surface area contributed by atoms with E-state index in [4.69, 9.17) is 0 Å². The predicted octanol–water partition coefficient (Wildman–Crippen LogP) is 12.4. The summed E-state index contributed by atoms with van der Waals surface area (Å²) in [5.41, 5.74) is 14.4. The zero-order valence-electron chi connectivity index (χ0n) is 28.5. The molecule has 240 valence electrons. The minimum absolute atomic E-state index is 0.158. The van der Waals surface area contributed by atoms with Crippen molar-refractivity contribution < 1.29 is 0 Å². The summed E-state index contributed by atoms with van der Waals surface area (Å²) in [5, 5.41) is 2.53. The zero-order chi connectivity index (χ0) is 33.7.